The van der Waals surface area contributed by atoms with Crippen molar-refractivity contribution in [3.05, 3.63) is 24.5 Å². The van der Waals surface area contributed by atoms with Crippen molar-refractivity contribution < 1.29 is 27.8 Å². The van der Waals surface area contributed by atoms with E-state index in [4.69, 9.17) is 14.6 Å². The molecule has 0 aromatic carbocycles. The number of hydrogen-bond donors (Lipinski definition) is 2. The van der Waals surface area contributed by atoms with Crippen LogP contribution in [0.3, 0.4) is 0 Å². The molecular formula is C15H17F3N4O3S. The summed E-state index contributed by atoms with van der Waals surface area (Å²) in [5.41, 5.74) is 0.944. The topological polar surface area (TPSA) is 87.6 Å². The van der Waals surface area contributed by atoms with Gasteiger partial charge in [0.2, 0.25) is 0 Å². The Bertz CT molecular complexity index is 716. The van der Waals surface area contributed by atoms with E-state index >= 15 is 0 Å². The molecule has 0 amide bonds. The van der Waals surface area contributed by atoms with Crippen LogP contribution in [0.25, 0.3) is 10.6 Å². The molecule has 3 rings (SSSR count). The fourth-order valence-corrected chi connectivity index (χ4v) is 2.98. The number of nitrogens with one attached hydrogen (secondary N) is 1. The smallest absolute Gasteiger partial charge is 0.490 e. The summed E-state index contributed by atoms with van der Waals surface area (Å²) in [6.45, 7) is 4.08. The predicted octanol–water partition coefficient (Wildman–Crippen LogP) is 2.26. The van der Waals surface area contributed by atoms with Crippen LogP contribution in [0.15, 0.2) is 24.5 Å². The van der Waals surface area contributed by atoms with E-state index in [-0.39, 0.29) is 0 Å². The standard InChI is InChI=1S/C13H16N4OS.C2HF3O2/c1-18-10-2-3-11(15-8-10)12-9-16-13(19-12)17-6-4-14-5-7-17;3-2(4,5)1(6)7/h2-3,8-9,14H,4-7H2,1H3;(H,6,7). The first-order chi connectivity index (χ1) is 12.3. The quantitative estimate of drug-likeness (QED) is 0.831. The van der Waals surface area contributed by atoms with Crippen molar-refractivity contribution in [3.8, 4) is 16.3 Å². The van der Waals surface area contributed by atoms with Gasteiger partial charge in [0.15, 0.2) is 5.13 Å². The highest BCUT2D eigenvalue weighted by Gasteiger charge is 2.38. The van der Waals surface area contributed by atoms with Crippen LogP contribution < -0.4 is 15.0 Å². The molecule has 142 valence electrons. The maximum absolute atomic E-state index is 10.6. The van der Waals surface area contributed by atoms with Crippen molar-refractivity contribution in [3.63, 3.8) is 0 Å². The molecule has 0 saturated carbocycles. The second-order valence-corrected chi connectivity index (χ2v) is 6.14. The van der Waals surface area contributed by atoms with Crippen molar-refractivity contribution in [1.29, 1.82) is 0 Å². The molecule has 2 aromatic heterocycles. The lowest BCUT2D eigenvalue weighted by atomic mass is 10.3. The molecule has 1 saturated heterocycles. The van der Waals surface area contributed by atoms with Crippen LogP contribution in [0.4, 0.5) is 18.3 Å². The number of halogens is 3. The first kappa shape index (κ1) is 19.9. The van der Waals surface area contributed by atoms with Gasteiger partial charge in [0.25, 0.3) is 0 Å². The molecule has 7 nitrogen and oxygen atoms in total. The summed E-state index contributed by atoms with van der Waals surface area (Å²) < 4.78 is 36.9. The highest BCUT2D eigenvalue weighted by atomic mass is 32.1. The summed E-state index contributed by atoms with van der Waals surface area (Å²) >= 11 is 1.69. The molecule has 3 heterocycles. The molecule has 0 unspecified atom stereocenters. The lowest BCUT2D eigenvalue weighted by Gasteiger charge is -2.26. The minimum Gasteiger partial charge on any atom is -0.495 e. The number of aromatic nitrogens is 2. The van der Waals surface area contributed by atoms with Crippen molar-refractivity contribution in [1.82, 2.24) is 15.3 Å². The van der Waals surface area contributed by atoms with Gasteiger partial charge in [-0.25, -0.2) is 9.78 Å². The normalized spacial score (nSPS) is 14.4. The summed E-state index contributed by atoms with van der Waals surface area (Å²) in [6, 6.07) is 3.89. The number of rotatable bonds is 3. The third-order valence-corrected chi connectivity index (χ3v) is 4.43. The molecule has 11 heteroatoms. The average Bonchev–Trinajstić information content (AvgIpc) is 3.12. The largest absolute Gasteiger partial charge is 0.495 e. The maximum atomic E-state index is 10.6. The van der Waals surface area contributed by atoms with Gasteiger partial charge < -0.3 is 20.1 Å². The Morgan fingerprint density at radius 2 is 1.92 bits per heavy atom. The number of nitrogens with zero attached hydrogens (tertiary/aromatic N) is 3. The second kappa shape index (κ2) is 8.81. The average molecular weight is 390 g/mol. The van der Waals surface area contributed by atoms with Crippen LogP contribution in [0, 0.1) is 0 Å². The van der Waals surface area contributed by atoms with Crippen molar-refractivity contribution in [2.45, 2.75) is 6.18 Å². The van der Waals surface area contributed by atoms with Gasteiger partial charge in [0.1, 0.15) is 5.75 Å². The molecule has 0 spiro atoms. The number of hydrogen-bond acceptors (Lipinski definition) is 7. The number of alkyl halides is 3. The molecule has 0 aliphatic carbocycles. The zero-order chi connectivity index (χ0) is 19.2. The number of carboxylic acid groups (broad SMARTS) is 1. The van der Waals surface area contributed by atoms with Crippen LogP contribution >= 0.6 is 11.3 Å². The van der Waals surface area contributed by atoms with E-state index < -0.39 is 12.1 Å². The highest BCUT2D eigenvalue weighted by molar-refractivity contribution is 7.18. The summed E-state index contributed by atoms with van der Waals surface area (Å²) in [6.07, 6.45) is -1.45. The lowest BCUT2D eigenvalue weighted by Crippen LogP contribution is -2.43. The Kier molecular flexibility index (Phi) is 6.75. The fourth-order valence-electron chi connectivity index (χ4n) is 2.03. The van der Waals surface area contributed by atoms with E-state index in [0.717, 1.165) is 47.6 Å². The van der Waals surface area contributed by atoms with Gasteiger partial charge in [-0.2, -0.15) is 13.2 Å². The summed E-state index contributed by atoms with van der Waals surface area (Å²) in [5.74, 6) is -1.98. The van der Waals surface area contributed by atoms with Gasteiger partial charge in [-0.1, -0.05) is 11.3 Å². The third-order valence-electron chi connectivity index (χ3n) is 3.35. The fraction of sp³-hybridized carbons (Fsp3) is 0.400. The maximum Gasteiger partial charge on any atom is 0.490 e. The van der Waals surface area contributed by atoms with Crippen LogP contribution in [-0.4, -0.2) is 60.5 Å². The number of pyridine rings is 1. The van der Waals surface area contributed by atoms with E-state index in [1.807, 2.05) is 18.3 Å². The monoisotopic (exact) mass is 390 g/mol. The number of methoxy groups -OCH3 is 1. The lowest BCUT2D eigenvalue weighted by molar-refractivity contribution is -0.192. The van der Waals surface area contributed by atoms with E-state index in [1.165, 1.54) is 0 Å². The summed E-state index contributed by atoms with van der Waals surface area (Å²) in [7, 11) is 1.64. The van der Waals surface area contributed by atoms with Gasteiger partial charge >= 0.3 is 12.1 Å². The molecule has 26 heavy (non-hydrogen) atoms. The number of ether oxygens (including phenoxy) is 1. The molecule has 1 fully saturated rings. The van der Waals surface area contributed by atoms with E-state index in [9.17, 15) is 13.2 Å². The number of thiazole rings is 1. The molecule has 2 aromatic rings. The van der Waals surface area contributed by atoms with Crippen molar-refractivity contribution in [2.75, 3.05) is 38.2 Å². The number of aliphatic carboxylic acids is 1. The van der Waals surface area contributed by atoms with Crippen molar-refractivity contribution in [2.24, 2.45) is 0 Å². The van der Waals surface area contributed by atoms with Gasteiger partial charge in [-0.05, 0) is 12.1 Å². The Morgan fingerprint density at radius 1 is 1.27 bits per heavy atom. The molecule has 2 N–H and O–H groups in total. The highest BCUT2D eigenvalue weighted by Crippen LogP contribution is 2.30. The first-order valence-corrected chi connectivity index (χ1v) is 8.35. The van der Waals surface area contributed by atoms with E-state index in [1.54, 1.807) is 24.6 Å². The molecule has 0 bridgehead atoms. The Hall–Kier alpha value is -2.40. The van der Waals surface area contributed by atoms with Crippen LogP contribution in [0.5, 0.6) is 5.75 Å². The van der Waals surface area contributed by atoms with Crippen LogP contribution in [0.1, 0.15) is 0 Å². The molecule has 0 radical (unpaired) electrons. The SMILES string of the molecule is COc1ccc(-c2cnc(N3CCNCC3)s2)nc1.O=C(O)C(F)(F)F. The van der Waals surface area contributed by atoms with Gasteiger partial charge in [0.05, 0.1) is 23.9 Å². The first-order valence-electron chi connectivity index (χ1n) is 7.53. The van der Waals surface area contributed by atoms with Crippen molar-refractivity contribution >= 4 is 22.4 Å². The number of anilines is 1. The second-order valence-electron chi connectivity index (χ2n) is 5.13. The predicted molar refractivity (Wildman–Crippen MR) is 90.7 cm³/mol. The van der Waals surface area contributed by atoms with Gasteiger partial charge in [-0.15, -0.1) is 0 Å². The number of carbonyl (C=O) groups is 1. The van der Waals surface area contributed by atoms with Gasteiger partial charge in [-0.3, -0.25) is 4.98 Å². The summed E-state index contributed by atoms with van der Waals surface area (Å²) in [4.78, 5) is 21.2. The molecule has 1 aliphatic rings. The Morgan fingerprint density at radius 3 is 2.42 bits per heavy atom. The summed E-state index contributed by atoms with van der Waals surface area (Å²) in [5, 5.41) is 11.5. The molecule has 0 atom stereocenters. The zero-order valence-corrected chi connectivity index (χ0v) is 14.6. The van der Waals surface area contributed by atoms with Gasteiger partial charge in [0, 0.05) is 32.4 Å². The van der Waals surface area contributed by atoms with E-state index in [2.05, 4.69) is 20.2 Å². The minimum absolute atomic E-state index is 0.774. The number of carboxylic acids is 1. The van der Waals surface area contributed by atoms with Crippen LogP contribution in [-0.2, 0) is 4.79 Å². The minimum atomic E-state index is -5.08. The van der Waals surface area contributed by atoms with Crippen LogP contribution in [0.2, 0.25) is 0 Å². The molecular weight excluding hydrogens is 373 g/mol. The molecule has 1 aliphatic heterocycles. The Balaban J connectivity index is 0.000000298. The third kappa shape index (κ3) is 5.56. The Labute approximate surface area is 151 Å². The van der Waals surface area contributed by atoms with E-state index in [0.29, 0.717) is 0 Å². The number of piperazine rings is 1. The zero-order valence-electron chi connectivity index (χ0n) is 13.8.